The number of thiazole rings is 1. The minimum atomic E-state index is 0.252. The standard InChI is InChI=1S/C7H7N5S2/c8-6-10-4-11-7(12-6)14-3-5-9-1-2-13-5/h1-2,4H,3H2,(H2,8,10,11,12). The number of thioether (sulfide) groups is 1. The lowest BCUT2D eigenvalue weighted by molar-refractivity contribution is 0.915. The molecule has 0 unspecified atom stereocenters. The van der Waals surface area contributed by atoms with E-state index < -0.39 is 0 Å². The molecule has 2 aromatic rings. The molecule has 0 aliphatic carbocycles. The Morgan fingerprint density at radius 1 is 1.36 bits per heavy atom. The minimum absolute atomic E-state index is 0.252. The van der Waals surface area contributed by atoms with Gasteiger partial charge in [0.15, 0.2) is 5.16 Å². The summed E-state index contributed by atoms with van der Waals surface area (Å²) in [5, 5.41) is 3.62. The first-order valence-corrected chi connectivity index (χ1v) is 5.67. The molecule has 0 radical (unpaired) electrons. The average Bonchev–Trinajstić information content (AvgIpc) is 2.67. The number of nitrogen functional groups attached to an aromatic ring is 1. The molecule has 0 spiro atoms. The maximum absolute atomic E-state index is 5.42. The fourth-order valence-corrected chi connectivity index (χ4v) is 2.27. The van der Waals surface area contributed by atoms with Crippen LogP contribution >= 0.6 is 23.1 Å². The Bertz CT molecular complexity index is 402. The molecule has 0 bridgehead atoms. The monoisotopic (exact) mass is 225 g/mol. The predicted molar refractivity (Wildman–Crippen MR) is 55.9 cm³/mol. The van der Waals surface area contributed by atoms with Gasteiger partial charge < -0.3 is 5.73 Å². The Hall–Kier alpha value is -1.21. The van der Waals surface area contributed by atoms with E-state index in [-0.39, 0.29) is 5.95 Å². The van der Waals surface area contributed by atoms with Gasteiger partial charge in [0.05, 0.1) is 5.75 Å². The first-order chi connectivity index (χ1) is 6.84. The predicted octanol–water partition coefficient (Wildman–Crippen LogP) is 1.20. The molecule has 72 valence electrons. The third-order valence-electron chi connectivity index (χ3n) is 1.38. The van der Waals surface area contributed by atoms with Gasteiger partial charge in [0.25, 0.3) is 0 Å². The highest BCUT2D eigenvalue weighted by atomic mass is 32.2. The van der Waals surface area contributed by atoms with Crippen LogP contribution in [-0.2, 0) is 5.75 Å². The maximum atomic E-state index is 5.42. The van der Waals surface area contributed by atoms with Crippen LogP contribution in [0.25, 0.3) is 0 Å². The van der Waals surface area contributed by atoms with Gasteiger partial charge in [0.1, 0.15) is 11.3 Å². The second kappa shape index (κ2) is 4.34. The smallest absolute Gasteiger partial charge is 0.223 e. The summed E-state index contributed by atoms with van der Waals surface area (Å²) in [5.74, 6) is 1.02. The van der Waals surface area contributed by atoms with Crippen LogP contribution in [0.2, 0.25) is 0 Å². The van der Waals surface area contributed by atoms with E-state index in [1.165, 1.54) is 18.1 Å². The third-order valence-corrected chi connectivity index (χ3v) is 3.21. The first-order valence-electron chi connectivity index (χ1n) is 3.80. The van der Waals surface area contributed by atoms with Crippen LogP contribution in [0.5, 0.6) is 0 Å². The van der Waals surface area contributed by atoms with Crippen molar-refractivity contribution in [2.45, 2.75) is 10.9 Å². The zero-order chi connectivity index (χ0) is 9.80. The molecule has 14 heavy (non-hydrogen) atoms. The first kappa shape index (κ1) is 9.35. The molecule has 0 aliphatic rings. The Morgan fingerprint density at radius 3 is 3.00 bits per heavy atom. The van der Waals surface area contributed by atoms with Crippen molar-refractivity contribution < 1.29 is 0 Å². The van der Waals surface area contributed by atoms with Crippen molar-refractivity contribution in [1.29, 1.82) is 0 Å². The van der Waals surface area contributed by atoms with Gasteiger partial charge in [-0.15, -0.1) is 11.3 Å². The molecular formula is C7H7N5S2. The SMILES string of the molecule is Nc1ncnc(SCc2nccs2)n1. The zero-order valence-corrected chi connectivity index (χ0v) is 8.75. The van der Waals surface area contributed by atoms with Crippen molar-refractivity contribution in [3.8, 4) is 0 Å². The summed E-state index contributed by atoms with van der Waals surface area (Å²) in [6.07, 6.45) is 3.19. The van der Waals surface area contributed by atoms with Crippen LogP contribution in [0.4, 0.5) is 5.95 Å². The number of anilines is 1. The number of hydrogen-bond donors (Lipinski definition) is 1. The Morgan fingerprint density at radius 2 is 2.29 bits per heavy atom. The molecule has 0 aliphatic heterocycles. The van der Waals surface area contributed by atoms with Crippen LogP contribution in [0.1, 0.15) is 5.01 Å². The summed E-state index contributed by atoms with van der Waals surface area (Å²) >= 11 is 3.11. The molecule has 0 saturated heterocycles. The van der Waals surface area contributed by atoms with Gasteiger partial charge in [-0.3, -0.25) is 0 Å². The van der Waals surface area contributed by atoms with Crippen molar-refractivity contribution in [1.82, 2.24) is 19.9 Å². The van der Waals surface area contributed by atoms with Crippen LogP contribution in [-0.4, -0.2) is 19.9 Å². The average molecular weight is 225 g/mol. The van der Waals surface area contributed by atoms with Gasteiger partial charge in [0.2, 0.25) is 5.95 Å². The fourth-order valence-electron chi connectivity index (χ4n) is 0.813. The van der Waals surface area contributed by atoms with Crippen molar-refractivity contribution in [3.05, 3.63) is 22.9 Å². The van der Waals surface area contributed by atoms with Crippen molar-refractivity contribution in [3.63, 3.8) is 0 Å². The van der Waals surface area contributed by atoms with E-state index in [1.807, 2.05) is 5.38 Å². The second-order valence-electron chi connectivity index (χ2n) is 2.34. The minimum Gasteiger partial charge on any atom is -0.368 e. The maximum Gasteiger partial charge on any atom is 0.223 e. The third kappa shape index (κ3) is 2.39. The molecule has 0 saturated carbocycles. The molecule has 0 amide bonds. The molecule has 5 nitrogen and oxygen atoms in total. The van der Waals surface area contributed by atoms with E-state index in [0.717, 1.165) is 10.8 Å². The number of rotatable bonds is 3. The van der Waals surface area contributed by atoms with Crippen molar-refractivity contribution in [2.75, 3.05) is 5.73 Å². The lowest BCUT2D eigenvalue weighted by atomic mass is 10.8. The van der Waals surface area contributed by atoms with Gasteiger partial charge in [-0.05, 0) is 0 Å². The number of nitrogens with two attached hydrogens (primary N) is 1. The molecule has 0 aromatic carbocycles. The van der Waals surface area contributed by atoms with Crippen LogP contribution in [0.3, 0.4) is 0 Å². The number of aromatic nitrogens is 4. The van der Waals surface area contributed by atoms with E-state index in [2.05, 4.69) is 19.9 Å². The molecule has 2 rings (SSSR count). The highest BCUT2D eigenvalue weighted by Gasteiger charge is 2.01. The number of nitrogens with zero attached hydrogens (tertiary/aromatic N) is 4. The van der Waals surface area contributed by atoms with E-state index >= 15 is 0 Å². The normalized spacial score (nSPS) is 10.3. The van der Waals surface area contributed by atoms with Gasteiger partial charge in [-0.2, -0.15) is 4.98 Å². The van der Waals surface area contributed by atoms with E-state index in [1.54, 1.807) is 17.5 Å². The largest absolute Gasteiger partial charge is 0.368 e. The Kier molecular flexibility index (Phi) is 2.90. The molecule has 7 heteroatoms. The highest BCUT2D eigenvalue weighted by molar-refractivity contribution is 7.98. The molecular weight excluding hydrogens is 218 g/mol. The van der Waals surface area contributed by atoms with E-state index in [9.17, 15) is 0 Å². The summed E-state index contributed by atoms with van der Waals surface area (Å²) in [7, 11) is 0. The lowest BCUT2D eigenvalue weighted by Gasteiger charge is -1.96. The van der Waals surface area contributed by atoms with E-state index in [4.69, 9.17) is 5.73 Å². The molecule has 2 N–H and O–H groups in total. The summed E-state index contributed by atoms with van der Waals surface area (Å²) in [5.41, 5.74) is 5.42. The quantitative estimate of drug-likeness (QED) is 0.791. The summed E-state index contributed by atoms with van der Waals surface area (Å²) in [6.45, 7) is 0. The number of hydrogen-bond acceptors (Lipinski definition) is 7. The van der Waals surface area contributed by atoms with Gasteiger partial charge in [0, 0.05) is 11.6 Å². The molecule has 0 atom stereocenters. The topological polar surface area (TPSA) is 77.6 Å². The molecule has 2 aromatic heterocycles. The van der Waals surface area contributed by atoms with Crippen molar-refractivity contribution in [2.24, 2.45) is 0 Å². The Balaban J connectivity index is 1.98. The van der Waals surface area contributed by atoms with Crippen LogP contribution < -0.4 is 5.73 Å². The van der Waals surface area contributed by atoms with Crippen molar-refractivity contribution >= 4 is 29.0 Å². The Labute approximate surface area is 88.8 Å². The molecule has 2 heterocycles. The van der Waals surface area contributed by atoms with Gasteiger partial charge >= 0.3 is 0 Å². The highest BCUT2D eigenvalue weighted by Crippen LogP contribution is 2.19. The lowest BCUT2D eigenvalue weighted by Crippen LogP contribution is -1.97. The fraction of sp³-hybridized carbons (Fsp3) is 0.143. The van der Waals surface area contributed by atoms with Crippen LogP contribution in [0, 0.1) is 0 Å². The summed E-state index contributed by atoms with van der Waals surface area (Å²) < 4.78 is 0. The second-order valence-corrected chi connectivity index (χ2v) is 4.26. The zero-order valence-electron chi connectivity index (χ0n) is 7.12. The van der Waals surface area contributed by atoms with Gasteiger partial charge in [-0.1, -0.05) is 11.8 Å². The molecule has 0 fully saturated rings. The van der Waals surface area contributed by atoms with Crippen LogP contribution in [0.15, 0.2) is 23.1 Å². The summed E-state index contributed by atoms with van der Waals surface area (Å²) in [6, 6.07) is 0. The van der Waals surface area contributed by atoms with Gasteiger partial charge in [-0.25, -0.2) is 15.0 Å². The summed E-state index contributed by atoms with van der Waals surface area (Å²) in [4.78, 5) is 15.8. The van der Waals surface area contributed by atoms with E-state index in [0.29, 0.717) is 5.16 Å².